The first-order chi connectivity index (χ1) is 13.8. The van der Waals surface area contributed by atoms with Crippen molar-refractivity contribution in [2.75, 3.05) is 42.6 Å². The molecule has 2 aromatic rings. The standard InChI is InChI=1S/C20H24N4O3S/c25-19(23-14-17-2-1-11-26-17)15-3-5-16(6-4-15)27-20-18(21-7-8-22-20)24-9-12-28-13-10-24/h3-8,17H,1-2,9-14H2,(H,23,25)/t17-/m0/s1. The van der Waals surface area contributed by atoms with Crippen LogP contribution in [-0.4, -0.2) is 59.7 Å². The zero-order chi connectivity index (χ0) is 19.2. The van der Waals surface area contributed by atoms with Gasteiger partial charge in [-0.2, -0.15) is 11.8 Å². The van der Waals surface area contributed by atoms with E-state index in [0.29, 0.717) is 23.7 Å². The van der Waals surface area contributed by atoms with Crippen molar-refractivity contribution in [1.29, 1.82) is 0 Å². The number of anilines is 1. The maximum absolute atomic E-state index is 12.3. The Bertz CT molecular complexity index is 790. The number of carbonyl (C=O) groups excluding carboxylic acids is 1. The Morgan fingerprint density at radius 2 is 2.00 bits per heavy atom. The maximum Gasteiger partial charge on any atom is 0.263 e. The number of hydrogen-bond acceptors (Lipinski definition) is 7. The summed E-state index contributed by atoms with van der Waals surface area (Å²) in [4.78, 5) is 23.3. The summed E-state index contributed by atoms with van der Waals surface area (Å²) in [5.74, 6) is 3.93. The summed E-state index contributed by atoms with van der Waals surface area (Å²) in [6.45, 7) is 3.20. The van der Waals surface area contributed by atoms with Crippen molar-refractivity contribution in [1.82, 2.24) is 15.3 Å². The van der Waals surface area contributed by atoms with E-state index >= 15 is 0 Å². The summed E-state index contributed by atoms with van der Waals surface area (Å²) in [5, 5.41) is 2.93. The lowest BCUT2D eigenvalue weighted by Gasteiger charge is -2.28. The molecular weight excluding hydrogens is 376 g/mol. The van der Waals surface area contributed by atoms with E-state index in [0.717, 1.165) is 49.9 Å². The predicted octanol–water partition coefficient (Wildman–Crippen LogP) is 2.73. The average Bonchev–Trinajstić information content (AvgIpc) is 3.27. The molecule has 0 radical (unpaired) electrons. The van der Waals surface area contributed by atoms with E-state index in [2.05, 4.69) is 20.2 Å². The quantitative estimate of drug-likeness (QED) is 0.799. The molecule has 1 N–H and O–H groups in total. The number of ether oxygens (including phenoxy) is 2. The van der Waals surface area contributed by atoms with Gasteiger partial charge < -0.3 is 19.7 Å². The Balaban J connectivity index is 1.38. The number of carbonyl (C=O) groups is 1. The smallest absolute Gasteiger partial charge is 0.263 e. The average molecular weight is 401 g/mol. The lowest BCUT2D eigenvalue weighted by atomic mass is 10.2. The molecule has 0 aliphatic carbocycles. The highest BCUT2D eigenvalue weighted by molar-refractivity contribution is 7.99. The van der Waals surface area contributed by atoms with Crippen molar-refractivity contribution >= 4 is 23.5 Å². The molecule has 1 atom stereocenters. The van der Waals surface area contributed by atoms with E-state index in [1.165, 1.54) is 0 Å². The first kappa shape index (κ1) is 19.0. The summed E-state index contributed by atoms with van der Waals surface area (Å²) in [6, 6.07) is 7.08. The molecular formula is C20H24N4O3S. The third-order valence-electron chi connectivity index (χ3n) is 4.80. The lowest BCUT2D eigenvalue weighted by molar-refractivity contribution is 0.0858. The molecule has 8 heteroatoms. The van der Waals surface area contributed by atoms with Gasteiger partial charge in [0, 0.05) is 55.7 Å². The van der Waals surface area contributed by atoms with Crippen molar-refractivity contribution in [3.8, 4) is 11.6 Å². The van der Waals surface area contributed by atoms with Crippen LogP contribution in [-0.2, 0) is 4.74 Å². The second-order valence-corrected chi connectivity index (χ2v) is 7.98. The van der Waals surface area contributed by atoms with Gasteiger partial charge in [0.25, 0.3) is 11.8 Å². The van der Waals surface area contributed by atoms with Gasteiger partial charge in [-0.25, -0.2) is 9.97 Å². The molecule has 0 bridgehead atoms. The minimum absolute atomic E-state index is 0.104. The van der Waals surface area contributed by atoms with Crippen LogP contribution in [0.4, 0.5) is 5.82 Å². The molecule has 2 aliphatic rings. The molecule has 2 fully saturated rings. The Morgan fingerprint density at radius 3 is 2.75 bits per heavy atom. The molecule has 2 saturated heterocycles. The monoisotopic (exact) mass is 400 g/mol. The SMILES string of the molecule is O=C(NC[C@@H]1CCCO1)c1ccc(Oc2nccnc2N2CCSCC2)cc1. The van der Waals surface area contributed by atoms with Crippen LogP contribution in [0.5, 0.6) is 11.6 Å². The lowest BCUT2D eigenvalue weighted by Crippen LogP contribution is -2.33. The topological polar surface area (TPSA) is 76.6 Å². The van der Waals surface area contributed by atoms with Gasteiger partial charge in [0.2, 0.25) is 0 Å². The number of hydrogen-bond donors (Lipinski definition) is 1. The van der Waals surface area contributed by atoms with Gasteiger partial charge in [0.1, 0.15) is 5.75 Å². The molecule has 2 aliphatic heterocycles. The fourth-order valence-corrected chi connectivity index (χ4v) is 4.18. The van der Waals surface area contributed by atoms with E-state index in [-0.39, 0.29) is 12.0 Å². The minimum atomic E-state index is -0.104. The predicted molar refractivity (Wildman–Crippen MR) is 109 cm³/mol. The highest BCUT2D eigenvalue weighted by atomic mass is 32.2. The summed E-state index contributed by atoms with van der Waals surface area (Å²) < 4.78 is 11.5. The van der Waals surface area contributed by atoms with Crippen LogP contribution in [0.2, 0.25) is 0 Å². The number of rotatable bonds is 6. The number of amides is 1. The number of nitrogens with one attached hydrogen (secondary N) is 1. The minimum Gasteiger partial charge on any atom is -0.436 e. The summed E-state index contributed by atoms with van der Waals surface area (Å²) in [6.07, 6.45) is 5.52. The first-order valence-electron chi connectivity index (χ1n) is 9.61. The molecule has 0 saturated carbocycles. The maximum atomic E-state index is 12.3. The molecule has 1 aromatic carbocycles. The van der Waals surface area contributed by atoms with E-state index in [4.69, 9.17) is 9.47 Å². The Morgan fingerprint density at radius 1 is 1.21 bits per heavy atom. The Labute approximate surface area is 168 Å². The zero-order valence-corrected chi connectivity index (χ0v) is 16.5. The van der Waals surface area contributed by atoms with Gasteiger partial charge in [-0.05, 0) is 37.1 Å². The van der Waals surface area contributed by atoms with E-state index in [1.54, 1.807) is 36.7 Å². The van der Waals surface area contributed by atoms with Crippen LogP contribution in [0.3, 0.4) is 0 Å². The second kappa shape index (κ2) is 9.25. The van der Waals surface area contributed by atoms with E-state index < -0.39 is 0 Å². The summed E-state index contributed by atoms with van der Waals surface area (Å²) in [7, 11) is 0. The van der Waals surface area contributed by atoms with E-state index in [1.807, 2.05) is 11.8 Å². The van der Waals surface area contributed by atoms with Crippen molar-refractivity contribution in [2.45, 2.75) is 18.9 Å². The number of benzene rings is 1. The van der Waals surface area contributed by atoms with E-state index in [9.17, 15) is 4.79 Å². The second-order valence-electron chi connectivity index (χ2n) is 6.76. The molecule has 28 heavy (non-hydrogen) atoms. The van der Waals surface area contributed by atoms with Gasteiger partial charge in [-0.1, -0.05) is 0 Å². The van der Waals surface area contributed by atoms with Gasteiger partial charge in [0.05, 0.1) is 6.10 Å². The third kappa shape index (κ3) is 4.74. The van der Waals surface area contributed by atoms with Gasteiger partial charge in [-0.15, -0.1) is 0 Å². The van der Waals surface area contributed by atoms with Crippen LogP contribution in [0.25, 0.3) is 0 Å². The number of aromatic nitrogens is 2. The van der Waals surface area contributed by atoms with Gasteiger partial charge >= 0.3 is 0 Å². The van der Waals surface area contributed by atoms with Crippen molar-refractivity contribution in [3.63, 3.8) is 0 Å². The summed E-state index contributed by atoms with van der Waals surface area (Å²) in [5.41, 5.74) is 0.595. The molecule has 0 spiro atoms. The summed E-state index contributed by atoms with van der Waals surface area (Å²) >= 11 is 1.94. The molecule has 7 nitrogen and oxygen atoms in total. The van der Waals surface area contributed by atoms with Crippen molar-refractivity contribution < 1.29 is 14.3 Å². The van der Waals surface area contributed by atoms with Crippen molar-refractivity contribution in [2.24, 2.45) is 0 Å². The van der Waals surface area contributed by atoms with Crippen LogP contribution >= 0.6 is 11.8 Å². The van der Waals surface area contributed by atoms with Crippen LogP contribution in [0.1, 0.15) is 23.2 Å². The number of thioether (sulfide) groups is 1. The Kier molecular flexibility index (Phi) is 6.28. The molecule has 0 unspecified atom stereocenters. The third-order valence-corrected chi connectivity index (χ3v) is 5.74. The molecule has 1 amide bonds. The number of nitrogens with zero attached hydrogens (tertiary/aromatic N) is 3. The fourth-order valence-electron chi connectivity index (χ4n) is 3.28. The Hall–Kier alpha value is -2.32. The van der Waals surface area contributed by atoms with Crippen LogP contribution in [0.15, 0.2) is 36.7 Å². The van der Waals surface area contributed by atoms with Gasteiger partial charge in [-0.3, -0.25) is 4.79 Å². The molecule has 148 valence electrons. The molecule has 4 rings (SSSR count). The highest BCUT2D eigenvalue weighted by Gasteiger charge is 2.19. The van der Waals surface area contributed by atoms with Crippen LogP contribution < -0.4 is 15.0 Å². The first-order valence-corrected chi connectivity index (χ1v) is 10.8. The largest absolute Gasteiger partial charge is 0.436 e. The van der Waals surface area contributed by atoms with Gasteiger partial charge in [0.15, 0.2) is 5.82 Å². The van der Waals surface area contributed by atoms with Crippen molar-refractivity contribution in [3.05, 3.63) is 42.2 Å². The van der Waals surface area contributed by atoms with Crippen LogP contribution in [0, 0.1) is 0 Å². The highest BCUT2D eigenvalue weighted by Crippen LogP contribution is 2.29. The molecule has 1 aromatic heterocycles. The normalized spacial score (nSPS) is 19.4. The zero-order valence-electron chi connectivity index (χ0n) is 15.7. The molecule has 3 heterocycles. The fraction of sp³-hybridized carbons (Fsp3) is 0.450.